The first kappa shape index (κ1) is 28.7. The first-order valence-corrected chi connectivity index (χ1v) is 13.6. The van der Waals surface area contributed by atoms with Crippen molar-refractivity contribution in [2.24, 2.45) is 5.10 Å². The standard InChI is InChI=1S/C30H33N5O4S/c1-30(2,3)22-14-12-20(13-15-22)18-31-32-26(36)19-40-29-34-33-28(35(29)23-10-8-7-9-11-23)21-16-24(37-4)27(39-6)25(17-21)38-5/h7-18H,19H2,1-6H3,(H,32,36)/b31-18+. The molecule has 0 atom stereocenters. The van der Waals surface area contributed by atoms with Crippen molar-refractivity contribution < 1.29 is 19.0 Å². The van der Waals surface area contributed by atoms with Crippen LogP contribution in [0.2, 0.25) is 0 Å². The van der Waals surface area contributed by atoms with Gasteiger partial charge in [0.1, 0.15) is 0 Å². The van der Waals surface area contributed by atoms with Gasteiger partial charge in [-0.1, -0.05) is 75.0 Å². The Bertz CT molecular complexity index is 1450. The Labute approximate surface area is 238 Å². The number of para-hydroxylation sites is 1. The second kappa shape index (κ2) is 12.7. The average molecular weight is 560 g/mol. The van der Waals surface area contributed by atoms with E-state index in [9.17, 15) is 4.79 Å². The Hall–Kier alpha value is -4.31. The largest absolute Gasteiger partial charge is 0.493 e. The van der Waals surface area contributed by atoms with Gasteiger partial charge in [-0.3, -0.25) is 9.36 Å². The summed E-state index contributed by atoms with van der Waals surface area (Å²) >= 11 is 1.26. The molecule has 0 aliphatic heterocycles. The normalized spacial score (nSPS) is 11.4. The average Bonchev–Trinajstić information content (AvgIpc) is 3.39. The predicted octanol–water partition coefficient (Wildman–Crippen LogP) is 5.50. The number of nitrogens with zero attached hydrogens (tertiary/aromatic N) is 4. The number of benzene rings is 3. The van der Waals surface area contributed by atoms with Gasteiger partial charge in [-0.15, -0.1) is 10.2 Å². The van der Waals surface area contributed by atoms with Gasteiger partial charge in [-0.2, -0.15) is 5.10 Å². The van der Waals surface area contributed by atoms with Gasteiger partial charge in [-0.05, 0) is 40.8 Å². The van der Waals surface area contributed by atoms with Crippen LogP contribution in [0.1, 0.15) is 31.9 Å². The fourth-order valence-corrected chi connectivity index (χ4v) is 4.73. The third kappa shape index (κ3) is 6.63. The molecule has 4 rings (SSSR count). The third-order valence-electron chi connectivity index (χ3n) is 6.08. The summed E-state index contributed by atoms with van der Waals surface area (Å²) in [6.07, 6.45) is 1.63. The lowest BCUT2D eigenvalue weighted by Crippen LogP contribution is -2.20. The molecule has 0 radical (unpaired) electrons. The number of hydrogen-bond donors (Lipinski definition) is 1. The smallest absolute Gasteiger partial charge is 0.250 e. The molecule has 3 aromatic carbocycles. The molecular formula is C30H33N5O4S. The molecule has 1 heterocycles. The van der Waals surface area contributed by atoms with Crippen molar-refractivity contribution in [3.05, 3.63) is 77.9 Å². The predicted molar refractivity (Wildman–Crippen MR) is 158 cm³/mol. The minimum absolute atomic E-state index is 0.0762. The second-order valence-corrected chi connectivity index (χ2v) is 10.8. The van der Waals surface area contributed by atoms with Gasteiger partial charge in [-0.25, -0.2) is 5.43 Å². The van der Waals surface area contributed by atoms with E-state index >= 15 is 0 Å². The maximum atomic E-state index is 12.6. The lowest BCUT2D eigenvalue weighted by molar-refractivity contribution is -0.118. The zero-order valence-electron chi connectivity index (χ0n) is 23.5. The molecule has 4 aromatic rings. The van der Waals surface area contributed by atoms with Crippen molar-refractivity contribution in [3.8, 4) is 34.3 Å². The number of ether oxygens (including phenoxy) is 3. The topological polar surface area (TPSA) is 99.9 Å². The Balaban J connectivity index is 1.53. The lowest BCUT2D eigenvalue weighted by Gasteiger charge is -2.18. The summed E-state index contributed by atoms with van der Waals surface area (Å²) in [6, 6.07) is 21.4. The maximum Gasteiger partial charge on any atom is 0.250 e. The summed E-state index contributed by atoms with van der Waals surface area (Å²) in [4.78, 5) is 12.6. The Morgan fingerprint density at radius 2 is 1.60 bits per heavy atom. The quantitative estimate of drug-likeness (QED) is 0.156. The van der Waals surface area contributed by atoms with E-state index in [-0.39, 0.29) is 17.1 Å². The van der Waals surface area contributed by atoms with Crippen LogP contribution in [0.4, 0.5) is 0 Å². The SMILES string of the molecule is COc1cc(-c2nnc(SCC(=O)N/N=C/c3ccc(C(C)(C)C)cc3)n2-c2ccccc2)cc(OC)c1OC. The van der Waals surface area contributed by atoms with Crippen LogP contribution in [0, 0.1) is 0 Å². The van der Waals surface area contributed by atoms with Crippen LogP contribution < -0.4 is 19.6 Å². The summed E-state index contributed by atoms with van der Waals surface area (Å²) in [5.41, 5.74) is 6.36. The molecule has 0 aliphatic rings. The van der Waals surface area contributed by atoms with Gasteiger partial charge in [0, 0.05) is 11.3 Å². The number of aromatic nitrogens is 3. The second-order valence-electron chi connectivity index (χ2n) is 9.85. The Kier molecular flexibility index (Phi) is 9.11. The van der Waals surface area contributed by atoms with Crippen LogP contribution in [0.25, 0.3) is 17.1 Å². The van der Waals surface area contributed by atoms with Gasteiger partial charge in [0.25, 0.3) is 5.91 Å². The van der Waals surface area contributed by atoms with E-state index in [1.807, 2.05) is 59.2 Å². The van der Waals surface area contributed by atoms with E-state index in [0.29, 0.717) is 33.8 Å². The molecule has 0 aliphatic carbocycles. The number of hydrazone groups is 1. The first-order valence-electron chi connectivity index (χ1n) is 12.6. The van der Waals surface area contributed by atoms with Crippen molar-refractivity contribution in [1.29, 1.82) is 0 Å². The van der Waals surface area contributed by atoms with Crippen LogP contribution in [-0.4, -0.2) is 54.0 Å². The van der Waals surface area contributed by atoms with E-state index in [1.54, 1.807) is 27.5 Å². The van der Waals surface area contributed by atoms with Crippen LogP contribution in [0.15, 0.2) is 77.0 Å². The minimum Gasteiger partial charge on any atom is -0.493 e. The van der Waals surface area contributed by atoms with E-state index in [0.717, 1.165) is 11.3 Å². The zero-order valence-corrected chi connectivity index (χ0v) is 24.3. The van der Waals surface area contributed by atoms with Crippen molar-refractivity contribution in [3.63, 3.8) is 0 Å². The van der Waals surface area contributed by atoms with Crippen molar-refractivity contribution >= 4 is 23.9 Å². The summed E-state index contributed by atoms with van der Waals surface area (Å²) in [7, 11) is 4.68. The summed E-state index contributed by atoms with van der Waals surface area (Å²) in [5, 5.41) is 13.5. The van der Waals surface area contributed by atoms with Crippen molar-refractivity contribution in [1.82, 2.24) is 20.2 Å². The van der Waals surface area contributed by atoms with E-state index in [2.05, 4.69) is 53.6 Å². The minimum atomic E-state index is -0.260. The molecule has 40 heavy (non-hydrogen) atoms. The molecule has 0 fully saturated rings. The molecule has 10 heteroatoms. The molecule has 0 spiro atoms. The van der Waals surface area contributed by atoms with Gasteiger partial charge in [0.15, 0.2) is 22.5 Å². The molecule has 0 saturated carbocycles. The lowest BCUT2D eigenvalue weighted by atomic mass is 9.87. The van der Waals surface area contributed by atoms with Gasteiger partial charge < -0.3 is 14.2 Å². The fourth-order valence-electron chi connectivity index (χ4n) is 3.98. The molecule has 0 unspecified atom stereocenters. The highest BCUT2D eigenvalue weighted by Crippen LogP contribution is 2.41. The molecule has 208 valence electrons. The summed E-state index contributed by atoms with van der Waals surface area (Å²) < 4.78 is 18.4. The Morgan fingerprint density at radius 1 is 0.950 bits per heavy atom. The van der Waals surface area contributed by atoms with Gasteiger partial charge in [0.2, 0.25) is 5.75 Å². The number of carbonyl (C=O) groups excluding carboxylic acids is 1. The van der Waals surface area contributed by atoms with E-state index < -0.39 is 0 Å². The van der Waals surface area contributed by atoms with Gasteiger partial charge >= 0.3 is 0 Å². The highest BCUT2D eigenvalue weighted by atomic mass is 32.2. The fraction of sp³-hybridized carbons (Fsp3) is 0.267. The summed E-state index contributed by atoms with van der Waals surface area (Å²) in [5.74, 6) is 1.88. The highest BCUT2D eigenvalue weighted by molar-refractivity contribution is 7.99. The van der Waals surface area contributed by atoms with Crippen LogP contribution >= 0.6 is 11.8 Å². The molecular weight excluding hydrogens is 526 g/mol. The molecule has 0 bridgehead atoms. The number of methoxy groups -OCH3 is 3. The van der Waals surface area contributed by atoms with Crippen LogP contribution in [-0.2, 0) is 10.2 Å². The molecule has 1 aromatic heterocycles. The molecule has 0 saturated heterocycles. The van der Waals surface area contributed by atoms with Gasteiger partial charge in [0.05, 0.1) is 33.3 Å². The Morgan fingerprint density at radius 3 is 2.17 bits per heavy atom. The molecule has 1 amide bonds. The van der Waals surface area contributed by atoms with Crippen molar-refractivity contribution in [2.75, 3.05) is 27.1 Å². The molecule has 9 nitrogen and oxygen atoms in total. The van der Waals surface area contributed by atoms with Crippen molar-refractivity contribution in [2.45, 2.75) is 31.3 Å². The number of thioether (sulfide) groups is 1. The number of amides is 1. The van der Waals surface area contributed by atoms with Crippen LogP contribution in [0.3, 0.4) is 0 Å². The van der Waals surface area contributed by atoms with E-state index in [4.69, 9.17) is 14.2 Å². The third-order valence-corrected chi connectivity index (χ3v) is 7.01. The van der Waals surface area contributed by atoms with Crippen LogP contribution in [0.5, 0.6) is 17.2 Å². The maximum absolute atomic E-state index is 12.6. The zero-order chi connectivity index (χ0) is 28.7. The molecule has 1 N–H and O–H groups in total. The number of nitrogens with one attached hydrogen (secondary N) is 1. The van der Waals surface area contributed by atoms with E-state index in [1.165, 1.54) is 17.3 Å². The highest BCUT2D eigenvalue weighted by Gasteiger charge is 2.21. The number of rotatable bonds is 10. The number of hydrogen-bond acceptors (Lipinski definition) is 8. The summed E-state index contributed by atoms with van der Waals surface area (Å²) in [6.45, 7) is 6.50. The first-order chi connectivity index (χ1) is 19.2. The number of carbonyl (C=O) groups is 1. The monoisotopic (exact) mass is 559 g/mol.